The molecule has 0 saturated carbocycles. The fraction of sp³-hybridized carbons (Fsp3) is 0.438. The van der Waals surface area contributed by atoms with Crippen molar-refractivity contribution in [2.45, 2.75) is 25.7 Å². The van der Waals surface area contributed by atoms with Gasteiger partial charge in [0.2, 0.25) is 0 Å². The summed E-state index contributed by atoms with van der Waals surface area (Å²) in [4.78, 5) is 23.1. The quantitative estimate of drug-likeness (QED) is 0.815. The normalized spacial score (nSPS) is 18.3. The van der Waals surface area contributed by atoms with Crippen molar-refractivity contribution in [3.8, 4) is 0 Å². The Balaban J connectivity index is 1.85. The minimum Gasteiger partial charge on any atom is -0.465 e. The molecule has 0 radical (unpaired) electrons. The van der Waals surface area contributed by atoms with E-state index in [1.807, 2.05) is 6.92 Å². The van der Waals surface area contributed by atoms with Crippen LogP contribution in [0.1, 0.15) is 39.8 Å². The second-order valence-corrected chi connectivity index (χ2v) is 6.37. The molecule has 3 heterocycles. The first-order valence-corrected chi connectivity index (χ1v) is 8.27. The number of hydrogen-bond donors (Lipinski definition) is 0. The van der Waals surface area contributed by atoms with Gasteiger partial charge in [-0.2, -0.15) is 0 Å². The average Bonchev–Trinajstić information content (AvgIpc) is 3.01. The second-order valence-electron chi connectivity index (χ2n) is 5.48. The molecule has 2 aromatic rings. The zero-order chi connectivity index (χ0) is 15.5. The van der Waals surface area contributed by atoms with Gasteiger partial charge in [-0.25, -0.2) is 14.8 Å². The number of hydrogen-bond acceptors (Lipinski definition) is 6. The van der Waals surface area contributed by atoms with Crippen LogP contribution >= 0.6 is 11.3 Å². The van der Waals surface area contributed by atoms with E-state index in [1.165, 1.54) is 12.1 Å². The lowest BCUT2D eigenvalue weighted by molar-refractivity contribution is 0.0601. The Morgan fingerprint density at radius 3 is 3.09 bits per heavy atom. The number of methoxy groups -OCH3 is 1. The number of pyridine rings is 1. The first-order valence-electron chi connectivity index (χ1n) is 7.39. The molecule has 0 amide bonds. The third-order valence-electron chi connectivity index (χ3n) is 3.90. The summed E-state index contributed by atoms with van der Waals surface area (Å²) >= 11 is 1.72. The molecule has 1 atom stereocenters. The van der Waals surface area contributed by atoms with Gasteiger partial charge in [-0.15, -0.1) is 11.3 Å². The topological polar surface area (TPSA) is 55.3 Å². The first-order chi connectivity index (χ1) is 10.7. The van der Waals surface area contributed by atoms with Gasteiger partial charge in [-0.3, -0.25) is 0 Å². The highest BCUT2D eigenvalue weighted by atomic mass is 32.1. The van der Waals surface area contributed by atoms with E-state index in [2.05, 4.69) is 20.2 Å². The Hall–Kier alpha value is -1.95. The maximum Gasteiger partial charge on any atom is 0.341 e. The Morgan fingerprint density at radius 1 is 1.50 bits per heavy atom. The fourth-order valence-electron chi connectivity index (χ4n) is 2.85. The van der Waals surface area contributed by atoms with E-state index >= 15 is 0 Å². The Kier molecular flexibility index (Phi) is 4.38. The Labute approximate surface area is 134 Å². The number of nitrogens with zero attached hydrogens (tertiary/aromatic N) is 3. The number of carbonyl (C=O) groups is 1. The third-order valence-corrected chi connectivity index (χ3v) is 5.02. The summed E-state index contributed by atoms with van der Waals surface area (Å²) in [6, 6.07) is 3.53. The summed E-state index contributed by atoms with van der Waals surface area (Å²) in [5, 5.41) is 3.27. The fourth-order valence-corrected chi connectivity index (χ4v) is 3.77. The van der Waals surface area contributed by atoms with Crippen molar-refractivity contribution < 1.29 is 9.53 Å². The number of piperidine rings is 1. The van der Waals surface area contributed by atoms with Crippen LogP contribution in [0.25, 0.3) is 0 Å². The largest absolute Gasteiger partial charge is 0.465 e. The number of anilines is 1. The van der Waals surface area contributed by atoms with E-state index in [4.69, 9.17) is 4.74 Å². The van der Waals surface area contributed by atoms with E-state index in [9.17, 15) is 4.79 Å². The molecular formula is C16H19N3O2S. The zero-order valence-electron chi connectivity index (χ0n) is 12.8. The Morgan fingerprint density at radius 2 is 2.36 bits per heavy atom. The number of thiazole rings is 1. The van der Waals surface area contributed by atoms with Crippen LogP contribution in [-0.4, -0.2) is 36.1 Å². The van der Waals surface area contributed by atoms with Crippen LogP contribution < -0.4 is 4.90 Å². The van der Waals surface area contributed by atoms with E-state index in [0.717, 1.165) is 31.6 Å². The standard InChI is InChI=1S/C16H19N3O2S/c1-11-10-22-15(18-11)12-5-4-8-19(9-12)14-13(16(20)21-2)6-3-7-17-14/h3,6-7,10,12H,4-5,8-9H2,1-2H3. The summed E-state index contributed by atoms with van der Waals surface area (Å²) in [7, 11) is 1.40. The summed E-state index contributed by atoms with van der Waals surface area (Å²) in [5.74, 6) is 0.780. The minimum atomic E-state index is -0.338. The molecule has 0 aromatic carbocycles. The van der Waals surface area contributed by atoms with E-state index in [1.54, 1.807) is 29.7 Å². The number of aromatic nitrogens is 2. The monoisotopic (exact) mass is 317 g/mol. The van der Waals surface area contributed by atoms with Crippen molar-refractivity contribution in [3.05, 3.63) is 40.0 Å². The lowest BCUT2D eigenvalue weighted by atomic mass is 9.98. The highest BCUT2D eigenvalue weighted by Gasteiger charge is 2.27. The van der Waals surface area contributed by atoms with Crippen molar-refractivity contribution >= 4 is 23.1 Å². The minimum absolute atomic E-state index is 0.338. The maximum absolute atomic E-state index is 11.9. The van der Waals surface area contributed by atoms with Crippen molar-refractivity contribution in [2.24, 2.45) is 0 Å². The van der Waals surface area contributed by atoms with Crippen LogP contribution in [-0.2, 0) is 4.74 Å². The highest BCUT2D eigenvalue weighted by molar-refractivity contribution is 7.09. The van der Waals surface area contributed by atoms with Crippen molar-refractivity contribution in [3.63, 3.8) is 0 Å². The molecule has 0 bridgehead atoms. The first kappa shape index (κ1) is 15.0. The molecule has 116 valence electrons. The van der Waals surface area contributed by atoms with Crippen molar-refractivity contribution in [2.75, 3.05) is 25.1 Å². The molecule has 0 spiro atoms. The smallest absolute Gasteiger partial charge is 0.341 e. The van der Waals surface area contributed by atoms with Crippen LogP contribution in [0.3, 0.4) is 0 Å². The summed E-state index contributed by atoms with van der Waals surface area (Å²) < 4.78 is 4.87. The molecule has 5 nitrogen and oxygen atoms in total. The van der Waals surface area contributed by atoms with Crippen molar-refractivity contribution in [1.29, 1.82) is 0 Å². The Bertz CT molecular complexity index is 671. The highest BCUT2D eigenvalue weighted by Crippen LogP contribution is 2.32. The van der Waals surface area contributed by atoms with Crippen LogP contribution in [0, 0.1) is 6.92 Å². The van der Waals surface area contributed by atoms with Gasteiger partial charge in [-0.1, -0.05) is 0 Å². The molecule has 0 N–H and O–H groups in total. The van der Waals surface area contributed by atoms with Gasteiger partial charge in [-0.05, 0) is 31.9 Å². The number of esters is 1. The molecule has 3 rings (SSSR count). The van der Waals surface area contributed by atoms with E-state index in [0.29, 0.717) is 17.3 Å². The maximum atomic E-state index is 11.9. The van der Waals surface area contributed by atoms with Crippen LogP contribution in [0.2, 0.25) is 0 Å². The lowest BCUT2D eigenvalue weighted by Crippen LogP contribution is -2.36. The number of carbonyl (C=O) groups excluding carboxylic acids is 1. The lowest BCUT2D eigenvalue weighted by Gasteiger charge is -2.33. The van der Waals surface area contributed by atoms with Crippen LogP contribution in [0.5, 0.6) is 0 Å². The van der Waals surface area contributed by atoms with Gasteiger partial charge < -0.3 is 9.64 Å². The zero-order valence-corrected chi connectivity index (χ0v) is 13.6. The predicted octanol–water partition coefficient (Wildman–Crippen LogP) is 3.02. The third kappa shape index (κ3) is 2.97. The van der Waals surface area contributed by atoms with Gasteiger partial charge in [0, 0.05) is 36.3 Å². The number of aryl methyl sites for hydroxylation is 1. The molecule has 0 aliphatic carbocycles. The molecule has 1 aliphatic rings. The summed E-state index contributed by atoms with van der Waals surface area (Å²) in [5.41, 5.74) is 1.60. The van der Waals surface area contributed by atoms with Gasteiger partial charge in [0.15, 0.2) is 0 Å². The molecular weight excluding hydrogens is 298 g/mol. The molecule has 1 unspecified atom stereocenters. The van der Waals surface area contributed by atoms with E-state index < -0.39 is 0 Å². The van der Waals surface area contributed by atoms with E-state index in [-0.39, 0.29) is 5.97 Å². The average molecular weight is 317 g/mol. The van der Waals surface area contributed by atoms with Crippen molar-refractivity contribution in [1.82, 2.24) is 9.97 Å². The van der Waals surface area contributed by atoms with Gasteiger partial charge >= 0.3 is 5.97 Å². The van der Waals surface area contributed by atoms with Gasteiger partial charge in [0.1, 0.15) is 11.4 Å². The van der Waals surface area contributed by atoms with Gasteiger partial charge in [0.05, 0.1) is 12.1 Å². The van der Waals surface area contributed by atoms with Crippen LogP contribution in [0.4, 0.5) is 5.82 Å². The molecule has 22 heavy (non-hydrogen) atoms. The summed E-state index contributed by atoms with van der Waals surface area (Å²) in [6.07, 6.45) is 3.92. The molecule has 6 heteroatoms. The number of ether oxygens (including phenoxy) is 1. The predicted molar refractivity (Wildman–Crippen MR) is 86.6 cm³/mol. The van der Waals surface area contributed by atoms with Crippen LogP contribution in [0.15, 0.2) is 23.7 Å². The molecule has 2 aromatic heterocycles. The number of rotatable bonds is 3. The second kappa shape index (κ2) is 6.44. The summed E-state index contributed by atoms with van der Waals surface area (Å²) in [6.45, 7) is 3.77. The SMILES string of the molecule is COC(=O)c1cccnc1N1CCCC(c2nc(C)cs2)C1. The molecule has 1 saturated heterocycles. The molecule has 1 aliphatic heterocycles. The van der Waals surface area contributed by atoms with Gasteiger partial charge in [0.25, 0.3) is 0 Å². The molecule has 1 fully saturated rings.